The summed E-state index contributed by atoms with van der Waals surface area (Å²) in [6.45, 7) is 0.395. The molecule has 2 aromatic carbocycles. The number of methoxy groups -OCH3 is 1. The van der Waals surface area contributed by atoms with Gasteiger partial charge in [-0.05, 0) is 17.7 Å². The summed E-state index contributed by atoms with van der Waals surface area (Å²) in [5, 5.41) is 9.68. The Morgan fingerprint density at radius 2 is 1.88 bits per heavy atom. The van der Waals surface area contributed by atoms with Gasteiger partial charge in [0.05, 0.1) is 19.3 Å². The van der Waals surface area contributed by atoms with Crippen LogP contribution in [0.25, 0.3) is 22.0 Å². The van der Waals surface area contributed by atoms with Crippen molar-refractivity contribution in [2.45, 2.75) is 6.54 Å². The lowest BCUT2D eigenvalue weighted by molar-refractivity contribution is -0.142. The zero-order valence-electron chi connectivity index (χ0n) is 14.3. The lowest BCUT2D eigenvalue weighted by Crippen LogP contribution is -2.11. The maximum absolute atomic E-state index is 11.9. The van der Waals surface area contributed by atoms with E-state index in [2.05, 4.69) is 0 Å². The molecule has 0 aliphatic carbocycles. The molecule has 0 saturated carbocycles. The van der Waals surface area contributed by atoms with Gasteiger partial charge < -0.3 is 19.1 Å². The van der Waals surface area contributed by atoms with Crippen LogP contribution in [0.15, 0.2) is 54.7 Å². The summed E-state index contributed by atoms with van der Waals surface area (Å²) in [6.07, 6.45) is 1.99. The number of aromatic nitrogens is 1. The van der Waals surface area contributed by atoms with E-state index in [9.17, 15) is 9.59 Å². The van der Waals surface area contributed by atoms with Gasteiger partial charge >= 0.3 is 11.9 Å². The number of carboxylic acids is 1. The van der Waals surface area contributed by atoms with E-state index in [-0.39, 0.29) is 13.2 Å². The Bertz CT molecular complexity index is 930. The van der Waals surface area contributed by atoms with Crippen LogP contribution in [0.4, 0.5) is 0 Å². The third-order valence-corrected chi connectivity index (χ3v) is 4.09. The van der Waals surface area contributed by atoms with Crippen molar-refractivity contribution in [1.29, 1.82) is 0 Å². The average molecular weight is 353 g/mol. The standard InChI is InChI=1S/C20H19NO5/c1-25-20(24)15-7-8-16-17(14-5-3-2-4-6-14)12-21(18(16)11-15)9-10-26-13-19(22)23/h2-8,11-12H,9-10,13H2,1H3,(H,22,23). The molecule has 0 amide bonds. The van der Waals surface area contributed by atoms with Gasteiger partial charge in [0.15, 0.2) is 0 Å². The van der Waals surface area contributed by atoms with E-state index in [1.807, 2.05) is 47.2 Å². The summed E-state index contributed by atoms with van der Waals surface area (Å²) in [5.41, 5.74) is 3.43. The van der Waals surface area contributed by atoms with E-state index in [1.165, 1.54) is 7.11 Å². The summed E-state index contributed by atoms with van der Waals surface area (Å²) in [6, 6.07) is 15.4. The van der Waals surface area contributed by atoms with Gasteiger partial charge in [0.2, 0.25) is 0 Å². The Morgan fingerprint density at radius 3 is 2.58 bits per heavy atom. The normalized spacial score (nSPS) is 10.8. The number of aliphatic carboxylic acids is 1. The molecule has 0 saturated heterocycles. The average Bonchev–Trinajstić information content (AvgIpc) is 3.03. The highest BCUT2D eigenvalue weighted by Crippen LogP contribution is 2.31. The van der Waals surface area contributed by atoms with Crippen LogP contribution < -0.4 is 0 Å². The van der Waals surface area contributed by atoms with Crippen LogP contribution in [-0.2, 0) is 20.8 Å². The number of fused-ring (bicyclic) bond motifs is 1. The number of benzene rings is 2. The number of ether oxygens (including phenoxy) is 2. The molecule has 6 heteroatoms. The van der Waals surface area contributed by atoms with Crippen molar-refractivity contribution in [3.8, 4) is 11.1 Å². The number of carbonyl (C=O) groups is 2. The fourth-order valence-electron chi connectivity index (χ4n) is 2.89. The van der Waals surface area contributed by atoms with E-state index in [0.29, 0.717) is 12.1 Å². The highest BCUT2D eigenvalue weighted by molar-refractivity contribution is 6.00. The first-order valence-electron chi connectivity index (χ1n) is 8.16. The van der Waals surface area contributed by atoms with Gasteiger partial charge in [-0.3, -0.25) is 0 Å². The molecule has 0 radical (unpaired) electrons. The van der Waals surface area contributed by atoms with Crippen LogP contribution in [0.1, 0.15) is 10.4 Å². The molecule has 0 bridgehead atoms. The van der Waals surface area contributed by atoms with Crippen LogP contribution >= 0.6 is 0 Å². The molecule has 3 aromatic rings. The third kappa shape index (κ3) is 3.75. The monoisotopic (exact) mass is 353 g/mol. The van der Waals surface area contributed by atoms with Crippen molar-refractivity contribution in [3.63, 3.8) is 0 Å². The molecule has 0 unspecified atom stereocenters. The molecule has 0 fully saturated rings. The van der Waals surface area contributed by atoms with Gasteiger partial charge in [0.1, 0.15) is 6.61 Å². The topological polar surface area (TPSA) is 77.8 Å². The predicted molar refractivity (Wildman–Crippen MR) is 97.2 cm³/mol. The SMILES string of the molecule is COC(=O)c1ccc2c(-c3ccccc3)cn(CCOCC(=O)O)c2c1. The van der Waals surface area contributed by atoms with Gasteiger partial charge in [0, 0.05) is 29.2 Å². The summed E-state index contributed by atoms with van der Waals surface area (Å²) in [7, 11) is 1.35. The zero-order chi connectivity index (χ0) is 18.5. The third-order valence-electron chi connectivity index (χ3n) is 4.09. The van der Waals surface area contributed by atoms with Crippen LogP contribution in [0.5, 0.6) is 0 Å². The van der Waals surface area contributed by atoms with Crippen molar-refractivity contribution >= 4 is 22.8 Å². The molecule has 0 aliphatic heterocycles. The lowest BCUT2D eigenvalue weighted by atomic mass is 10.0. The minimum absolute atomic E-state index is 0.257. The molecule has 0 spiro atoms. The van der Waals surface area contributed by atoms with Gasteiger partial charge in [-0.2, -0.15) is 0 Å². The van der Waals surface area contributed by atoms with E-state index in [0.717, 1.165) is 22.0 Å². The minimum Gasteiger partial charge on any atom is -0.480 e. The number of carbonyl (C=O) groups excluding carboxylic acids is 1. The Hall–Kier alpha value is -3.12. The number of nitrogens with zero attached hydrogens (tertiary/aromatic N) is 1. The van der Waals surface area contributed by atoms with Crippen LogP contribution in [0.2, 0.25) is 0 Å². The smallest absolute Gasteiger partial charge is 0.337 e. The number of hydrogen-bond donors (Lipinski definition) is 1. The van der Waals surface area contributed by atoms with Crippen LogP contribution in [0.3, 0.4) is 0 Å². The van der Waals surface area contributed by atoms with E-state index in [4.69, 9.17) is 14.6 Å². The number of esters is 1. The van der Waals surface area contributed by atoms with Gasteiger partial charge in [-0.25, -0.2) is 9.59 Å². The Morgan fingerprint density at radius 1 is 1.12 bits per heavy atom. The molecule has 6 nitrogen and oxygen atoms in total. The predicted octanol–water partition coefficient (Wildman–Crippen LogP) is 3.20. The molecule has 134 valence electrons. The second-order valence-corrected chi connectivity index (χ2v) is 5.77. The Kier molecular flexibility index (Phi) is 5.34. The van der Waals surface area contributed by atoms with Crippen molar-refractivity contribution < 1.29 is 24.2 Å². The number of rotatable bonds is 7. The van der Waals surface area contributed by atoms with Crippen molar-refractivity contribution in [2.24, 2.45) is 0 Å². The van der Waals surface area contributed by atoms with Crippen molar-refractivity contribution in [2.75, 3.05) is 20.3 Å². The maximum Gasteiger partial charge on any atom is 0.337 e. The van der Waals surface area contributed by atoms with E-state index < -0.39 is 11.9 Å². The first-order chi connectivity index (χ1) is 12.6. The quantitative estimate of drug-likeness (QED) is 0.521. The van der Waals surface area contributed by atoms with Crippen LogP contribution in [0, 0.1) is 0 Å². The summed E-state index contributed by atoms with van der Waals surface area (Å²) < 4.78 is 11.9. The first kappa shape index (κ1) is 17.7. The zero-order valence-corrected chi connectivity index (χ0v) is 14.3. The van der Waals surface area contributed by atoms with E-state index >= 15 is 0 Å². The molecule has 0 aliphatic rings. The fourth-order valence-corrected chi connectivity index (χ4v) is 2.89. The van der Waals surface area contributed by atoms with Gasteiger partial charge in [-0.1, -0.05) is 36.4 Å². The molecule has 1 heterocycles. The molecular formula is C20H19NO5. The number of hydrogen-bond acceptors (Lipinski definition) is 4. The lowest BCUT2D eigenvalue weighted by Gasteiger charge is -2.06. The Balaban J connectivity index is 2.00. The first-order valence-corrected chi connectivity index (χ1v) is 8.16. The molecule has 1 N–H and O–H groups in total. The van der Waals surface area contributed by atoms with Crippen molar-refractivity contribution in [3.05, 3.63) is 60.3 Å². The largest absolute Gasteiger partial charge is 0.480 e. The number of carboxylic acid groups (broad SMARTS) is 1. The maximum atomic E-state index is 11.9. The highest BCUT2D eigenvalue weighted by Gasteiger charge is 2.14. The summed E-state index contributed by atoms with van der Waals surface area (Å²) in [4.78, 5) is 22.4. The fraction of sp³-hybridized carbons (Fsp3) is 0.200. The van der Waals surface area contributed by atoms with E-state index in [1.54, 1.807) is 12.1 Å². The minimum atomic E-state index is -1.000. The Labute approximate surface area is 150 Å². The molecule has 1 aromatic heterocycles. The van der Waals surface area contributed by atoms with Crippen molar-refractivity contribution in [1.82, 2.24) is 4.57 Å². The van der Waals surface area contributed by atoms with Gasteiger partial charge in [0.25, 0.3) is 0 Å². The second kappa shape index (κ2) is 7.84. The molecule has 26 heavy (non-hydrogen) atoms. The molecular weight excluding hydrogens is 334 g/mol. The highest BCUT2D eigenvalue weighted by atomic mass is 16.5. The van der Waals surface area contributed by atoms with Crippen LogP contribution in [-0.4, -0.2) is 41.9 Å². The van der Waals surface area contributed by atoms with Gasteiger partial charge in [-0.15, -0.1) is 0 Å². The summed E-state index contributed by atoms with van der Waals surface area (Å²) >= 11 is 0. The summed E-state index contributed by atoms with van der Waals surface area (Å²) in [5.74, 6) is -1.40. The molecule has 0 atom stereocenters. The molecule has 3 rings (SSSR count). The second-order valence-electron chi connectivity index (χ2n) is 5.77.